The van der Waals surface area contributed by atoms with E-state index in [4.69, 9.17) is 28.2 Å². The minimum Gasteiger partial charge on any atom is -0.548 e. The van der Waals surface area contributed by atoms with Crippen LogP contribution in [0.3, 0.4) is 0 Å². The molecule has 1 fully saturated rings. The molecule has 1 saturated heterocycles. The third-order valence-corrected chi connectivity index (χ3v) is 5.24. The van der Waals surface area contributed by atoms with E-state index in [2.05, 4.69) is 0 Å². The summed E-state index contributed by atoms with van der Waals surface area (Å²) >= 11 is 12.0. The number of hydrogen-bond acceptors (Lipinski definition) is 8. The van der Waals surface area contributed by atoms with Crippen molar-refractivity contribution in [1.29, 1.82) is 0 Å². The number of aromatic carboxylic acids is 1. The first-order chi connectivity index (χ1) is 12.8. The lowest BCUT2D eigenvalue weighted by Crippen LogP contribution is -2.40. The maximum Gasteiger partial charge on any atom is 0.266 e. The summed E-state index contributed by atoms with van der Waals surface area (Å²) in [5.74, 6) is -2.76. The number of carboxylic acids is 2. The molecule has 0 bridgehead atoms. The lowest BCUT2D eigenvalue weighted by Gasteiger charge is -2.14. The summed E-state index contributed by atoms with van der Waals surface area (Å²) in [4.78, 5) is 35.1. The van der Waals surface area contributed by atoms with E-state index in [0.717, 1.165) is 16.7 Å². The third kappa shape index (κ3) is 4.05. The molecule has 1 aliphatic rings. The number of thiocarbonyl (C=S) groups is 1. The summed E-state index contributed by atoms with van der Waals surface area (Å²) in [5.41, 5.74) is 0.290. The van der Waals surface area contributed by atoms with Gasteiger partial charge < -0.3 is 24.2 Å². The van der Waals surface area contributed by atoms with Gasteiger partial charge in [0.15, 0.2) is 0 Å². The molecule has 7 nitrogen and oxygen atoms in total. The van der Waals surface area contributed by atoms with Crippen LogP contribution < -0.4 is 10.2 Å². The van der Waals surface area contributed by atoms with Gasteiger partial charge in [0.05, 0.1) is 28.4 Å². The predicted octanol–water partition coefficient (Wildman–Crippen LogP) is 0.915. The number of halogens is 1. The van der Waals surface area contributed by atoms with Crippen LogP contribution in [-0.4, -0.2) is 33.6 Å². The van der Waals surface area contributed by atoms with Crippen molar-refractivity contribution in [3.05, 3.63) is 51.6 Å². The first-order valence-corrected chi connectivity index (χ1v) is 8.93. The van der Waals surface area contributed by atoms with Crippen molar-refractivity contribution in [2.24, 2.45) is 0 Å². The molecule has 0 saturated carbocycles. The summed E-state index contributed by atoms with van der Waals surface area (Å²) < 4.78 is 5.72. The molecule has 1 aromatic heterocycles. The largest absolute Gasteiger partial charge is 0.548 e. The Kier molecular flexibility index (Phi) is 5.36. The van der Waals surface area contributed by atoms with E-state index in [-0.39, 0.29) is 25.6 Å². The topological polar surface area (TPSA) is 114 Å². The van der Waals surface area contributed by atoms with Crippen LogP contribution in [0.25, 0.3) is 17.4 Å². The van der Waals surface area contributed by atoms with Crippen LogP contribution in [0.2, 0.25) is 5.02 Å². The van der Waals surface area contributed by atoms with Crippen molar-refractivity contribution < 1.29 is 29.0 Å². The molecule has 10 heteroatoms. The minimum atomic E-state index is -1.42. The lowest BCUT2D eigenvalue weighted by molar-refractivity contribution is -0.305. The van der Waals surface area contributed by atoms with Gasteiger partial charge in [-0.2, -0.15) is 0 Å². The molecule has 138 valence electrons. The molecule has 0 unspecified atom stereocenters. The normalized spacial score (nSPS) is 15.6. The molecule has 1 aliphatic heterocycles. The summed E-state index contributed by atoms with van der Waals surface area (Å²) in [6.07, 6.45) is 1.41. The number of carbonyl (C=O) groups excluding carboxylic acids is 3. The van der Waals surface area contributed by atoms with E-state index in [1.807, 2.05) is 0 Å². The Balaban J connectivity index is 1.89. The number of rotatable bonds is 5. The molecule has 0 atom stereocenters. The Morgan fingerprint density at radius 3 is 2.67 bits per heavy atom. The van der Waals surface area contributed by atoms with Crippen molar-refractivity contribution in [3.63, 3.8) is 0 Å². The number of amides is 1. The zero-order valence-corrected chi connectivity index (χ0v) is 15.7. The molecule has 0 N–H and O–H groups in total. The number of hydrogen-bond donors (Lipinski definition) is 0. The SMILES string of the molecule is O=C([O-])CN1C(=O)/C(=C\c2ccc(-c3cc(C(=O)[O-])ccc3Cl)o2)SC1=S. The number of benzene rings is 1. The Bertz CT molecular complexity index is 1010. The standard InChI is InChI=1S/C17H10ClNO6S2/c18-11-3-1-8(16(23)24)5-10(11)12-4-2-9(25-12)6-13-15(22)19(7-14(20)21)17(26)27-13/h1-6H,7H2,(H,20,21)(H,23,24)/p-2/b13-6+. The van der Waals surface area contributed by atoms with E-state index < -0.39 is 24.4 Å². The smallest absolute Gasteiger partial charge is 0.266 e. The lowest BCUT2D eigenvalue weighted by atomic mass is 10.1. The van der Waals surface area contributed by atoms with E-state index >= 15 is 0 Å². The average molecular weight is 422 g/mol. The molecule has 0 spiro atoms. The van der Waals surface area contributed by atoms with Crippen LogP contribution in [0.5, 0.6) is 0 Å². The Morgan fingerprint density at radius 2 is 2.00 bits per heavy atom. The average Bonchev–Trinajstić information content (AvgIpc) is 3.15. The molecular weight excluding hydrogens is 414 g/mol. The van der Waals surface area contributed by atoms with Crippen molar-refractivity contribution >= 4 is 63.8 Å². The number of thioether (sulfide) groups is 1. The first-order valence-electron chi connectivity index (χ1n) is 7.32. The molecule has 1 amide bonds. The Labute approximate surface area is 167 Å². The van der Waals surface area contributed by atoms with E-state index in [1.165, 1.54) is 24.3 Å². The second kappa shape index (κ2) is 7.55. The predicted molar refractivity (Wildman–Crippen MR) is 98.4 cm³/mol. The Morgan fingerprint density at radius 1 is 1.26 bits per heavy atom. The molecule has 27 heavy (non-hydrogen) atoms. The summed E-state index contributed by atoms with van der Waals surface area (Å²) in [5, 5.41) is 22.0. The van der Waals surface area contributed by atoms with Gasteiger partial charge in [0.2, 0.25) is 0 Å². The molecular formula is C17H8ClNO6S2-2. The first kappa shape index (κ1) is 19.2. The molecule has 3 rings (SSSR count). The van der Waals surface area contributed by atoms with Crippen LogP contribution in [0.4, 0.5) is 0 Å². The monoisotopic (exact) mass is 421 g/mol. The highest BCUT2D eigenvalue weighted by atomic mass is 35.5. The van der Waals surface area contributed by atoms with Crippen LogP contribution in [0.1, 0.15) is 16.1 Å². The zero-order chi connectivity index (χ0) is 19.7. The number of carboxylic acid groups (broad SMARTS) is 2. The van der Waals surface area contributed by atoms with Crippen LogP contribution in [0, 0.1) is 0 Å². The fraction of sp³-hybridized carbons (Fsp3) is 0.0588. The highest BCUT2D eigenvalue weighted by Crippen LogP contribution is 2.34. The second-order valence-electron chi connectivity index (χ2n) is 5.32. The Hall–Kier alpha value is -2.62. The number of nitrogens with zero attached hydrogens (tertiary/aromatic N) is 1. The van der Waals surface area contributed by atoms with Crippen molar-refractivity contribution in [1.82, 2.24) is 4.90 Å². The molecule has 0 aliphatic carbocycles. The zero-order valence-electron chi connectivity index (χ0n) is 13.3. The summed E-state index contributed by atoms with van der Waals surface area (Å²) in [6, 6.07) is 7.17. The molecule has 2 aromatic rings. The molecule has 1 aromatic carbocycles. The summed E-state index contributed by atoms with van der Waals surface area (Å²) in [7, 11) is 0. The van der Waals surface area contributed by atoms with Crippen molar-refractivity contribution in [2.45, 2.75) is 0 Å². The molecule has 2 heterocycles. The molecule has 0 radical (unpaired) electrons. The maximum atomic E-state index is 12.2. The van der Waals surface area contributed by atoms with Gasteiger partial charge in [0, 0.05) is 11.6 Å². The maximum absolute atomic E-state index is 12.2. The van der Waals surface area contributed by atoms with Gasteiger partial charge in [-0.15, -0.1) is 0 Å². The minimum absolute atomic E-state index is 0.0597. The fourth-order valence-corrected chi connectivity index (χ4v) is 3.76. The van der Waals surface area contributed by atoms with E-state index in [9.17, 15) is 24.6 Å². The van der Waals surface area contributed by atoms with Gasteiger partial charge in [-0.05, 0) is 29.8 Å². The van der Waals surface area contributed by atoms with Crippen LogP contribution in [-0.2, 0) is 9.59 Å². The van der Waals surface area contributed by atoms with Crippen molar-refractivity contribution in [2.75, 3.05) is 6.54 Å². The fourth-order valence-electron chi connectivity index (χ4n) is 2.31. The van der Waals surface area contributed by atoms with E-state index in [1.54, 1.807) is 12.1 Å². The van der Waals surface area contributed by atoms with Gasteiger partial charge in [-0.3, -0.25) is 9.69 Å². The van der Waals surface area contributed by atoms with Crippen LogP contribution >= 0.6 is 35.6 Å². The quantitative estimate of drug-likeness (QED) is 0.517. The van der Waals surface area contributed by atoms with Crippen molar-refractivity contribution in [3.8, 4) is 11.3 Å². The highest BCUT2D eigenvalue weighted by Gasteiger charge is 2.32. The number of furan rings is 1. The van der Waals surface area contributed by atoms with Gasteiger partial charge in [0.25, 0.3) is 5.91 Å². The number of carbonyl (C=O) groups is 3. The summed E-state index contributed by atoms with van der Waals surface area (Å²) in [6.45, 7) is -0.628. The third-order valence-electron chi connectivity index (χ3n) is 3.53. The van der Waals surface area contributed by atoms with Gasteiger partial charge >= 0.3 is 0 Å². The van der Waals surface area contributed by atoms with Gasteiger partial charge in [-0.1, -0.05) is 41.6 Å². The van der Waals surface area contributed by atoms with Gasteiger partial charge in [0.1, 0.15) is 15.8 Å². The van der Waals surface area contributed by atoms with E-state index in [0.29, 0.717) is 11.3 Å². The van der Waals surface area contributed by atoms with Gasteiger partial charge in [-0.25, -0.2) is 0 Å². The second-order valence-corrected chi connectivity index (χ2v) is 7.41. The highest BCUT2D eigenvalue weighted by molar-refractivity contribution is 8.26. The number of aliphatic carboxylic acids is 1. The van der Waals surface area contributed by atoms with Crippen LogP contribution in [0.15, 0.2) is 39.7 Å².